The molecule has 1 heterocycles. The van der Waals surface area contributed by atoms with Crippen LogP contribution in [0, 0.1) is 0 Å². The van der Waals surface area contributed by atoms with Crippen molar-refractivity contribution in [3.05, 3.63) is 18.2 Å². The van der Waals surface area contributed by atoms with Gasteiger partial charge in [0.15, 0.2) is 0 Å². The molecule has 0 unspecified atom stereocenters. The van der Waals surface area contributed by atoms with Gasteiger partial charge in [-0.05, 0) is 6.42 Å². The number of carboxylic acid groups (broad SMARTS) is 1. The molecule has 0 spiro atoms. The topological polar surface area (TPSA) is 55.1 Å². The van der Waals surface area contributed by atoms with Crippen LogP contribution in [0.2, 0.25) is 0 Å². The summed E-state index contributed by atoms with van der Waals surface area (Å²) in [6.07, 6.45) is 5.31. The minimum atomic E-state index is -0.772. The van der Waals surface area contributed by atoms with E-state index in [9.17, 15) is 4.79 Å². The molecule has 0 aliphatic rings. The maximum absolute atomic E-state index is 10.3. The average molecular weight is 182 g/mol. The second-order valence-electron chi connectivity index (χ2n) is 2.93. The van der Waals surface area contributed by atoms with Crippen LogP contribution in [0.4, 0.5) is 0 Å². The molecule has 0 amide bonds. The SMILES string of the molecule is CCCn1ccnc1CCC(=O)O. The first-order valence-electron chi connectivity index (χ1n) is 4.46. The molecule has 0 fully saturated rings. The van der Waals surface area contributed by atoms with Crippen LogP contribution in [0.25, 0.3) is 0 Å². The van der Waals surface area contributed by atoms with Gasteiger partial charge >= 0.3 is 5.97 Å². The highest BCUT2D eigenvalue weighted by Crippen LogP contribution is 2.02. The number of nitrogens with zero attached hydrogens (tertiary/aromatic N) is 2. The van der Waals surface area contributed by atoms with Gasteiger partial charge in [0.05, 0.1) is 6.42 Å². The molecule has 1 rings (SSSR count). The summed E-state index contributed by atoms with van der Waals surface area (Å²) in [5, 5.41) is 8.50. The number of hydrogen-bond acceptors (Lipinski definition) is 2. The van der Waals surface area contributed by atoms with Gasteiger partial charge in [-0.2, -0.15) is 0 Å². The van der Waals surface area contributed by atoms with Crippen molar-refractivity contribution in [2.75, 3.05) is 0 Å². The zero-order chi connectivity index (χ0) is 9.68. The molecule has 13 heavy (non-hydrogen) atoms. The fraction of sp³-hybridized carbons (Fsp3) is 0.556. The summed E-state index contributed by atoms with van der Waals surface area (Å²) in [6, 6.07) is 0. The first-order valence-corrected chi connectivity index (χ1v) is 4.46. The van der Waals surface area contributed by atoms with Crippen LogP contribution in [0.5, 0.6) is 0 Å². The lowest BCUT2D eigenvalue weighted by molar-refractivity contribution is -0.137. The lowest BCUT2D eigenvalue weighted by atomic mass is 10.3. The molecule has 1 N–H and O–H groups in total. The van der Waals surface area contributed by atoms with E-state index in [1.54, 1.807) is 6.20 Å². The van der Waals surface area contributed by atoms with E-state index in [0.29, 0.717) is 6.42 Å². The number of aliphatic carboxylic acids is 1. The van der Waals surface area contributed by atoms with Crippen molar-refractivity contribution in [1.82, 2.24) is 9.55 Å². The van der Waals surface area contributed by atoms with Gasteiger partial charge in [-0.3, -0.25) is 4.79 Å². The van der Waals surface area contributed by atoms with E-state index in [4.69, 9.17) is 5.11 Å². The molecule has 1 aromatic heterocycles. The number of aryl methyl sites for hydroxylation is 2. The van der Waals surface area contributed by atoms with E-state index in [2.05, 4.69) is 11.9 Å². The monoisotopic (exact) mass is 182 g/mol. The molecule has 0 radical (unpaired) electrons. The van der Waals surface area contributed by atoms with Crippen LogP contribution in [-0.2, 0) is 17.8 Å². The van der Waals surface area contributed by atoms with E-state index in [0.717, 1.165) is 18.8 Å². The Morgan fingerprint density at radius 3 is 3.08 bits per heavy atom. The Kier molecular flexibility index (Phi) is 3.49. The molecule has 4 heteroatoms. The van der Waals surface area contributed by atoms with Crippen LogP contribution in [-0.4, -0.2) is 20.6 Å². The van der Waals surface area contributed by atoms with E-state index >= 15 is 0 Å². The molecule has 0 saturated heterocycles. The van der Waals surface area contributed by atoms with E-state index in [1.165, 1.54) is 0 Å². The smallest absolute Gasteiger partial charge is 0.303 e. The van der Waals surface area contributed by atoms with Crippen molar-refractivity contribution in [2.24, 2.45) is 0 Å². The Hall–Kier alpha value is -1.32. The van der Waals surface area contributed by atoms with Crippen LogP contribution in [0.15, 0.2) is 12.4 Å². The largest absolute Gasteiger partial charge is 0.481 e. The summed E-state index contributed by atoms with van der Waals surface area (Å²) in [7, 11) is 0. The Balaban J connectivity index is 2.54. The molecule has 0 saturated carbocycles. The summed E-state index contributed by atoms with van der Waals surface area (Å²) in [5.41, 5.74) is 0. The molecule has 0 atom stereocenters. The molecular formula is C9H14N2O2. The van der Waals surface area contributed by atoms with Crippen molar-refractivity contribution in [1.29, 1.82) is 0 Å². The maximum Gasteiger partial charge on any atom is 0.303 e. The Bertz CT molecular complexity index is 281. The lowest BCUT2D eigenvalue weighted by Crippen LogP contribution is -2.05. The van der Waals surface area contributed by atoms with E-state index in [-0.39, 0.29) is 6.42 Å². The fourth-order valence-corrected chi connectivity index (χ4v) is 1.23. The van der Waals surface area contributed by atoms with Crippen molar-refractivity contribution in [3.8, 4) is 0 Å². The summed E-state index contributed by atoms with van der Waals surface area (Å²) in [6.45, 7) is 3.00. The fourth-order valence-electron chi connectivity index (χ4n) is 1.23. The van der Waals surface area contributed by atoms with Gasteiger partial charge in [-0.1, -0.05) is 6.92 Å². The summed E-state index contributed by atoms with van der Waals surface area (Å²) >= 11 is 0. The average Bonchev–Trinajstić information content (AvgIpc) is 2.49. The van der Waals surface area contributed by atoms with Crippen LogP contribution in [0.3, 0.4) is 0 Å². The number of carbonyl (C=O) groups is 1. The van der Waals surface area contributed by atoms with Crippen molar-refractivity contribution < 1.29 is 9.90 Å². The van der Waals surface area contributed by atoms with Crippen LogP contribution < -0.4 is 0 Å². The minimum absolute atomic E-state index is 0.153. The highest BCUT2D eigenvalue weighted by Gasteiger charge is 2.04. The number of aromatic nitrogens is 2. The molecule has 0 bridgehead atoms. The predicted molar refractivity (Wildman–Crippen MR) is 48.5 cm³/mol. The van der Waals surface area contributed by atoms with Gasteiger partial charge in [-0.25, -0.2) is 4.98 Å². The van der Waals surface area contributed by atoms with Gasteiger partial charge in [0.2, 0.25) is 0 Å². The first-order chi connectivity index (χ1) is 6.24. The third-order valence-corrected chi connectivity index (χ3v) is 1.83. The molecule has 4 nitrogen and oxygen atoms in total. The van der Waals surface area contributed by atoms with Gasteiger partial charge in [0.25, 0.3) is 0 Å². The Labute approximate surface area is 77.2 Å². The molecular weight excluding hydrogens is 168 g/mol. The second kappa shape index (κ2) is 4.64. The molecule has 72 valence electrons. The van der Waals surface area contributed by atoms with Crippen LogP contribution in [0.1, 0.15) is 25.6 Å². The lowest BCUT2D eigenvalue weighted by Gasteiger charge is -2.03. The molecule has 0 aliphatic heterocycles. The molecule has 0 aliphatic carbocycles. The normalized spacial score (nSPS) is 10.2. The highest BCUT2D eigenvalue weighted by atomic mass is 16.4. The van der Waals surface area contributed by atoms with Gasteiger partial charge < -0.3 is 9.67 Å². The van der Waals surface area contributed by atoms with Crippen molar-refractivity contribution >= 4 is 5.97 Å². The predicted octanol–water partition coefficient (Wildman–Crippen LogP) is 1.31. The van der Waals surface area contributed by atoms with Gasteiger partial charge in [-0.15, -0.1) is 0 Å². The number of hydrogen-bond donors (Lipinski definition) is 1. The zero-order valence-corrected chi connectivity index (χ0v) is 7.73. The van der Waals surface area contributed by atoms with Crippen LogP contribution >= 0.6 is 0 Å². The standard InChI is InChI=1S/C9H14N2O2/c1-2-6-11-7-5-10-8(11)3-4-9(12)13/h5,7H,2-4,6H2,1H3,(H,12,13). The second-order valence-corrected chi connectivity index (χ2v) is 2.93. The third-order valence-electron chi connectivity index (χ3n) is 1.83. The summed E-state index contributed by atoms with van der Waals surface area (Å²) in [4.78, 5) is 14.4. The Morgan fingerprint density at radius 2 is 2.46 bits per heavy atom. The van der Waals surface area contributed by atoms with E-state index < -0.39 is 5.97 Å². The zero-order valence-electron chi connectivity index (χ0n) is 7.73. The van der Waals surface area contributed by atoms with Crippen molar-refractivity contribution in [2.45, 2.75) is 32.7 Å². The quantitative estimate of drug-likeness (QED) is 0.747. The summed E-state index contributed by atoms with van der Waals surface area (Å²) < 4.78 is 2.00. The maximum atomic E-state index is 10.3. The summed E-state index contributed by atoms with van der Waals surface area (Å²) in [5.74, 6) is 0.0929. The van der Waals surface area contributed by atoms with Crippen molar-refractivity contribution in [3.63, 3.8) is 0 Å². The third kappa shape index (κ3) is 2.89. The molecule has 1 aromatic rings. The van der Waals surface area contributed by atoms with E-state index in [1.807, 2.05) is 10.8 Å². The Morgan fingerprint density at radius 1 is 1.69 bits per heavy atom. The molecule has 0 aromatic carbocycles. The number of carboxylic acids is 1. The highest BCUT2D eigenvalue weighted by molar-refractivity contribution is 5.66. The van der Waals surface area contributed by atoms with Gasteiger partial charge in [0, 0.05) is 25.4 Å². The van der Waals surface area contributed by atoms with Gasteiger partial charge in [0.1, 0.15) is 5.82 Å². The number of imidazole rings is 1. The first kappa shape index (κ1) is 9.77. The minimum Gasteiger partial charge on any atom is -0.481 e. The number of rotatable bonds is 5.